The summed E-state index contributed by atoms with van der Waals surface area (Å²) in [6, 6.07) is 7.14. The number of hydrogen-bond donors (Lipinski definition) is 1. The average molecular weight is 422 g/mol. The van der Waals surface area contributed by atoms with Crippen LogP contribution in [-0.4, -0.2) is 18.5 Å². The molecule has 1 aliphatic carbocycles. The van der Waals surface area contributed by atoms with Crippen molar-refractivity contribution in [2.45, 2.75) is 33.1 Å². The molecule has 0 spiro atoms. The lowest BCUT2D eigenvalue weighted by Gasteiger charge is -2.18. The van der Waals surface area contributed by atoms with Gasteiger partial charge in [-0.1, -0.05) is 22.9 Å². The standard InChI is InChI=1S/C19H20BrNO3S/c1-3-24-19(23)16-14-9-4-11(2)10-15(14)25-18(16)21-17(22)12-5-7-13(20)8-6-12/h5-8,11H,3-4,9-10H2,1-2H3,(H,21,22)/t11-/m0/s1. The summed E-state index contributed by atoms with van der Waals surface area (Å²) in [5.41, 5.74) is 2.14. The van der Waals surface area contributed by atoms with E-state index in [0.717, 1.165) is 29.3 Å². The Morgan fingerprint density at radius 1 is 1.32 bits per heavy atom. The molecule has 0 aliphatic heterocycles. The number of rotatable bonds is 4. The smallest absolute Gasteiger partial charge is 0.341 e. The number of fused-ring (bicyclic) bond motifs is 1. The second-order valence-corrected chi connectivity index (χ2v) is 8.26. The molecule has 1 aliphatic rings. The maximum absolute atomic E-state index is 12.6. The molecule has 0 bridgehead atoms. The number of benzene rings is 1. The van der Waals surface area contributed by atoms with Crippen LogP contribution in [0.2, 0.25) is 0 Å². The van der Waals surface area contributed by atoms with E-state index in [0.29, 0.717) is 28.7 Å². The number of nitrogens with one attached hydrogen (secondary N) is 1. The molecule has 0 saturated heterocycles. The summed E-state index contributed by atoms with van der Waals surface area (Å²) in [5.74, 6) is 0.0292. The molecule has 4 nitrogen and oxygen atoms in total. The third-order valence-corrected chi connectivity index (χ3v) is 6.02. The van der Waals surface area contributed by atoms with Crippen molar-refractivity contribution in [1.29, 1.82) is 0 Å². The summed E-state index contributed by atoms with van der Waals surface area (Å²) in [5, 5.41) is 3.52. The van der Waals surface area contributed by atoms with E-state index in [1.807, 2.05) is 12.1 Å². The number of hydrogen-bond acceptors (Lipinski definition) is 4. The van der Waals surface area contributed by atoms with Crippen LogP contribution in [0.4, 0.5) is 5.00 Å². The van der Waals surface area contributed by atoms with Gasteiger partial charge in [0, 0.05) is 14.9 Å². The first-order valence-electron chi connectivity index (χ1n) is 8.38. The first-order valence-corrected chi connectivity index (χ1v) is 9.99. The Bertz CT molecular complexity index is 798. The Balaban J connectivity index is 1.93. The van der Waals surface area contributed by atoms with E-state index in [1.54, 1.807) is 19.1 Å². The number of esters is 1. The first kappa shape index (κ1) is 18.1. The van der Waals surface area contributed by atoms with E-state index in [4.69, 9.17) is 4.74 Å². The van der Waals surface area contributed by atoms with Gasteiger partial charge in [0.25, 0.3) is 5.91 Å². The zero-order valence-corrected chi connectivity index (χ0v) is 16.6. The van der Waals surface area contributed by atoms with Crippen molar-refractivity contribution in [1.82, 2.24) is 0 Å². The van der Waals surface area contributed by atoms with Crippen LogP contribution in [-0.2, 0) is 17.6 Å². The fourth-order valence-corrected chi connectivity index (χ4v) is 4.69. The molecule has 3 rings (SSSR count). The summed E-state index contributed by atoms with van der Waals surface area (Å²) in [7, 11) is 0. The third-order valence-electron chi connectivity index (χ3n) is 4.32. The van der Waals surface area contributed by atoms with Crippen molar-refractivity contribution in [3.05, 3.63) is 50.3 Å². The summed E-state index contributed by atoms with van der Waals surface area (Å²) < 4.78 is 6.15. The molecule has 1 amide bonds. The lowest BCUT2D eigenvalue weighted by molar-refractivity contribution is 0.0526. The van der Waals surface area contributed by atoms with Crippen LogP contribution in [0.25, 0.3) is 0 Å². The molecule has 0 fully saturated rings. The molecule has 6 heteroatoms. The monoisotopic (exact) mass is 421 g/mol. The Hall–Kier alpha value is -1.66. The third kappa shape index (κ3) is 3.96. The Labute approximate surface area is 159 Å². The maximum atomic E-state index is 12.6. The summed E-state index contributed by atoms with van der Waals surface area (Å²) in [6.45, 7) is 4.33. The zero-order valence-electron chi connectivity index (χ0n) is 14.2. The number of carbonyl (C=O) groups excluding carboxylic acids is 2. The van der Waals surface area contributed by atoms with Crippen LogP contribution in [0.15, 0.2) is 28.7 Å². The molecule has 1 atom stereocenters. The lowest BCUT2D eigenvalue weighted by atomic mass is 9.88. The molecule has 1 N–H and O–H groups in total. The Morgan fingerprint density at radius 2 is 2.04 bits per heavy atom. The van der Waals surface area contributed by atoms with Crippen molar-refractivity contribution in [2.24, 2.45) is 5.92 Å². The van der Waals surface area contributed by atoms with E-state index in [-0.39, 0.29) is 11.9 Å². The van der Waals surface area contributed by atoms with Crippen LogP contribution in [0, 0.1) is 5.92 Å². The van der Waals surface area contributed by atoms with Crippen molar-refractivity contribution in [3.8, 4) is 0 Å². The second kappa shape index (κ2) is 7.70. The van der Waals surface area contributed by atoms with Crippen LogP contribution in [0.3, 0.4) is 0 Å². The van der Waals surface area contributed by atoms with Gasteiger partial charge >= 0.3 is 5.97 Å². The highest BCUT2D eigenvalue weighted by molar-refractivity contribution is 9.10. The molecular weight excluding hydrogens is 402 g/mol. The van der Waals surface area contributed by atoms with Gasteiger partial charge in [0.15, 0.2) is 0 Å². The van der Waals surface area contributed by atoms with E-state index in [9.17, 15) is 9.59 Å². The molecule has 2 aromatic rings. The number of amides is 1. The normalized spacial score (nSPS) is 16.2. The van der Waals surface area contributed by atoms with Gasteiger partial charge in [0.1, 0.15) is 5.00 Å². The first-order chi connectivity index (χ1) is 12.0. The van der Waals surface area contributed by atoms with Gasteiger partial charge in [-0.05, 0) is 61.9 Å². The summed E-state index contributed by atoms with van der Waals surface area (Å²) in [6.07, 6.45) is 2.85. The Kier molecular flexibility index (Phi) is 5.59. The molecule has 0 unspecified atom stereocenters. The average Bonchev–Trinajstić information content (AvgIpc) is 2.92. The Morgan fingerprint density at radius 3 is 2.72 bits per heavy atom. The number of ether oxygens (including phenoxy) is 1. The topological polar surface area (TPSA) is 55.4 Å². The molecule has 1 aromatic heterocycles. The predicted molar refractivity (Wildman–Crippen MR) is 104 cm³/mol. The van der Waals surface area contributed by atoms with Gasteiger partial charge in [-0.3, -0.25) is 4.79 Å². The zero-order chi connectivity index (χ0) is 18.0. The van der Waals surface area contributed by atoms with E-state index in [2.05, 4.69) is 28.2 Å². The molecule has 1 heterocycles. The van der Waals surface area contributed by atoms with Crippen molar-refractivity contribution < 1.29 is 14.3 Å². The summed E-state index contributed by atoms with van der Waals surface area (Å²) >= 11 is 4.87. The highest BCUT2D eigenvalue weighted by Crippen LogP contribution is 2.40. The fourth-order valence-electron chi connectivity index (χ4n) is 3.03. The van der Waals surface area contributed by atoms with Crippen molar-refractivity contribution in [3.63, 3.8) is 0 Å². The second-order valence-electron chi connectivity index (χ2n) is 6.24. The largest absolute Gasteiger partial charge is 0.462 e. The lowest BCUT2D eigenvalue weighted by Crippen LogP contribution is -2.16. The van der Waals surface area contributed by atoms with Gasteiger partial charge in [0.05, 0.1) is 12.2 Å². The van der Waals surface area contributed by atoms with E-state index < -0.39 is 0 Å². The van der Waals surface area contributed by atoms with E-state index >= 15 is 0 Å². The minimum absolute atomic E-state index is 0.218. The van der Waals surface area contributed by atoms with Crippen molar-refractivity contribution in [2.75, 3.05) is 11.9 Å². The van der Waals surface area contributed by atoms with Gasteiger partial charge < -0.3 is 10.1 Å². The minimum Gasteiger partial charge on any atom is -0.462 e. The molecule has 25 heavy (non-hydrogen) atoms. The molecule has 0 saturated carbocycles. The molecular formula is C19H20BrNO3S. The minimum atomic E-state index is -0.347. The predicted octanol–water partition coefficient (Wildman–Crippen LogP) is 5.06. The van der Waals surface area contributed by atoms with E-state index in [1.165, 1.54) is 16.2 Å². The molecule has 132 valence electrons. The van der Waals surface area contributed by atoms with Crippen LogP contribution >= 0.6 is 27.3 Å². The number of thiophene rings is 1. The highest BCUT2D eigenvalue weighted by Gasteiger charge is 2.29. The fraction of sp³-hybridized carbons (Fsp3) is 0.368. The van der Waals surface area contributed by atoms with Gasteiger partial charge in [-0.2, -0.15) is 0 Å². The van der Waals surface area contributed by atoms with Gasteiger partial charge in [0.2, 0.25) is 0 Å². The number of halogens is 1. The number of carbonyl (C=O) groups is 2. The summed E-state index contributed by atoms with van der Waals surface area (Å²) in [4.78, 5) is 26.2. The quantitative estimate of drug-likeness (QED) is 0.701. The van der Waals surface area contributed by atoms with Gasteiger partial charge in [-0.15, -0.1) is 11.3 Å². The van der Waals surface area contributed by atoms with Gasteiger partial charge in [-0.25, -0.2) is 4.79 Å². The number of anilines is 1. The highest BCUT2D eigenvalue weighted by atomic mass is 79.9. The van der Waals surface area contributed by atoms with Crippen molar-refractivity contribution >= 4 is 44.1 Å². The SMILES string of the molecule is CCOC(=O)c1c(NC(=O)c2ccc(Br)cc2)sc2c1CC[C@H](C)C2. The van der Waals surface area contributed by atoms with Crippen LogP contribution in [0.5, 0.6) is 0 Å². The molecule has 1 aromatic carbocycles. The van der Waals surface area contributed by atoms with Crippen LogP contribution < -0.4 is 5.32 Å². The van der Waals surface area contributed by atoms with Crippen LogP contribution in [0.1, 0.15) is 51.4 Å². The maximum Gasteiger partial charge on any atom is 0.341 e. The molecule has 0 radical (unpaired) electrons.